The first-order valence-corrected chi connectivity index (χ1v) is 10.0. The maximum absolute atomic E-state index is 11.9. The lowest BCUT2D eigenvalue weighted by molar-refractivity contribution is 0.588. The summed E-state index contributed by atoms with van der Waals surface area (Å²) in [5, 5.41) is 7.14. The number of aliphatic imine (C=N–C) groups is 1. The Kier molecular flexibility index (Phi) is 10.1. The summed E-state index contributed by atoms with van der Waals surface area (Å²) in [5.41, 5.74) is 2.03. The topological polar surface area (TPSA) is 82.6 Å². The van der Waals surface area contributed by atoms with Crippen LogP contribution in [0.25, 0.3) is 0 Å². The van der Waals surface area contributed by atoms with Crippen molar-refractivity contribution in [2.75, 3.05) is 20.6 Å². The molecule has 0 aliphatic rings. The van der Waals surface area contributed by atoms with E-state index in [-0.39, 0.29) is 28.9 Å². The number of nitrogens with one attached hydrogen (secondary N) is 3. The molecule has 148 valence electrons. The van der Waals surface area contributed by atoms with Gasteiger partial charge in [-0.25, -0.2) is 13.1 Å². The summed E-state index contributed by atoms with van der Waals surface area (Å²) in [6.45, 7) is 1.18. The molecule has 0 bridgehead atoms. The smallest absolute Gasteiger partial charge is 0.240 e. The number of benzene rings is 2. The van der Waals surface area contributed by atoms with Gasteiger partial charge in [-0.3, -0.25) is 4.99 Å². The Balaban J connectivity index is 0.00000364. The van der Waals surface area contributed by atoms with Gasteiger partial charge < -0.3 is 10.6 Å². The molecule has 9 heteroatoms. The Bertz CT molecular complexity index is 858. The minimum absolute atomic E-state index is 0. The fourth-order valence-corrected chi connectivity index (χ4v) is 3.25. The number of rotatable bonds is 7. The highest BCUT2D eigenvalue weighted by atomic mass is 127. The first kappa shape index (κ1) is 23.7. The lowest BCUT2D eigenvalue weighted by Crippen LogP contribution is -2.37. The van der Waals surface area contributed by atoms with E-state index in [4.69, 9.17) is 11.6 Å². The first-order chi connectivity index (χ1) is 12.4. The molecule has 0 aromatic heterocycles. The summed E-state index contributed by atoms with van der Waals surface area (Å²) in [4.78, 5) is 4.42. The van der Waals surface area contributed by atoms with Crippen molar-refractivity contribution in [1.82, 2.24) is 15.4 Å². The lowest BCUT2D eigenvalue weighted by atomic mass is 10.1. The second kappa shape index (κ2) is 11.5. The zero-order chi connectivity index (χ0) is 19.0. The molecule has 0 spiro atoms. The highest BCUT2D eigenvalue weighted by Gasteiger charge is 2.11. The van der Waals surface area contributed by atoms with Crippen molar-refractivity contribution >= 4 is 51.6 Å². The molecular weight excluding hydrogens is 499 g/mol. The van der Waals surface area contributed by atoms with E-state index in [0.29, 0.717) is 12.5 Å². The molecule has 0 unspecified atom stereocenters. The van der Waals surface area contributed by atoms with Gasteiger partial charge in [0.1, 0.15) is 0 Å². The molecule has 2 aromatic rings. The highest BCUT2D eigenvalue weighted by molar-refractivity contribution is 14.0. The van der Waals surface area contributed by atoms with Gasteiger partial charge in [0.2, 0.25) is 10.0 Å². The second-order valence-corrected chi connectivity index (χ2v) is 7.91. The van der Waals surface area contributed by atoms with E-state index in [1.54, 1.807) is 25.2 Å². The van der Waals surface area contributed by atoms with Gasteiger partial charge in [0.05, 0.1) is 4.90 Å². The molecule has 0 saturated carbocycles. The van der Waals surface area contributed by atoms with E-state index in [0.717, 1.165) is 23.6 Å². The van der Waals surface area contributed by atoms with Crippen LogP contribution >= 0.6 is 35.6 Å². The third-order valence-electron chi connectivity index (χ3n) is 3.78. The van der Waals surface area contributed by atoms with E-state index in [1.165, 1.54) is 12.6 Å². The second-order valence-electron chi connectivity index (χ2n) is 5.58. The molecule has 2 rings (SSSR count). The molecule has 3 N–H and O–H groups in total. The molecule has 0 radical (unpaired) electrons. The number of sulfonamides is 1. The van der Waals surface area contributed by atoms with Gasteiger partial charge in [0, 0.05) is 25.2 Å². The average Bonchev–Trinajstić information content (AvgIpc) is 2.66. The van der Waals surface area contributed by atoms with Crippen molar-refractivity contribution in [1.29, 1.82) is 0 Å². The van der Waals surface area contributed by atoms with Crippen molar-refractivity contribution in [3.63, 3.8) is 0 Å². The normalized spacial score (nSPS) is 11.6. The van der Waals surface area contributed by atoms with Crippen molar-refractivity contribution in [2.24, 2.45) is 4.99 Å². The van der Waals surface area contributed by atoms with E-state index in [1.807, 2.05) is 30.3 Å². The van der Waals surface area contributed by atoms with Crippen LogP contribution in [0.15, 0.2) is 58.4 Å². The Hall–Kier alpha value is -1.36. The van der Waals surface area contributed by atoms with Crippen molar-refractivity contribution < 1.29 is 8.42 Å². The highest BCUT2D eigenvalue weighted by Crippen LogP contribution is 2.11. The van der Waals surface area contributed by atoms with Crippen LogP contribution in [-0.4, -0.2) is 35.0 Å². The summed E-state index contributed by atoms with van der Waals surface area (Å²) >= 11 is 5.88. The quantitative estimate of drug-likeness (QED) is 0.297. The minimum Gasteiger partial charge on any atom is -0.356 e. The number of guanidine groups is 1. The monoisotopic (exact) mass is 522 g/mol. The van der Waals surface area contributed by atoms with Gasteiger partial charge in [0.25, 0.3) is 0 Å². The predicted molar refractivity (Wildman–Crippen MR) is 121 cm³/mol. The van der Waals surface area contributed by atoms with Crippen LogP contribution < -0.4 is 15.4 Å². The minimum atomic E-state index is -3.45. The Labute approximate surface area is 182 Å². The van der Waals surface area contributed by atoms with Crippen LogP contribution in [0.3, 0.4) is 0 Å². The third kappa shape index (κ3) is 7.65. The van der Waals surface area contributed by atoms with Crippen LogP contribution in [0.1, 0.15) is 11.1 Å². The van der Waals surface area contributed by atoms with Gasteiger partial charge in [-0.1, -0.05) is 35.9 Å². The Morgan fingerprint density at radius 1 is 1.07 bits per heavy atom. The van der Waals surface area contributed by atoms with Crippen LogP contribution in [0.5, 0.6) is 0 Å². The summed E-state index contributed by atoms with van der Waals surface area (Å²) in [6.07, 6.45) is 0.841. The molecule has 2 aromatic carbocycles. The molecule has 0 heterocycles. The molecule has 0 aliphatic heterocycles. The average molecular weight is 523 g/mol. The van der Waals surface area contributed by atoms with Crippen LogP contribution in [-0.2, 0) is 23.0 Å². The van der Waals surface area contributed by atoms with Gasteiger partial charge >= 0.3 is 0 Å². The van der Waals surface area contributed by atoms with Crippen LogP contribution in [0.2, 0.25) is 5.02 Å². The summed E-state index contributed by atoms with van der Waals surface area (Å²) in [6, 6.07) is 14.5. The van der Waals surface area contributed by atoms with Crippen molar-refractivity contribution in [3.05, 3.63) is 64.7 Å². The molecule has 0 saturated heterocycles. The largest absolute Gasteiger partial charge is 0.356 e. The van der Waals surface area contributed by atoms with Gasteiger partial charge in [0.15, 0.2) is 5.96 Å². The summed E-state index contributed by atoms with van der Waals surface area (Å²) < 4.78 is 26.1. The maximum atomic E-state index is 11.9. The van der Waals surface area contributed by atoms with Crippen LogP contribution in [0.4, 0.5) is 0 Å². The van der Waals surface area contributed by atoms with E-state index >= 15 is 0 Å². The fraction of sp³-hybridized carbons (Fsp3) is 0.278. The lowest BCUT2D eigenvalue weighted by Gasteiger charge is -2.12. The van der Waals surface area contributed by atoms with Crippen LogP contribution in [0, 0.1) is 0 Å². The maximum Gasteiger partial charge on any atom is 0.240 e. The van der Waals surface area contributed by atoms with E-state index in [9.17, 15) is 8.42 Å². The van der Waals surface area contributed by atoms with Crippen molar-refractivity contribution in [3.8, 4) is 0 Å². The zero-order valence-electron chi connectivity index (χ0n) is 15.2. The molecule has 0 atom stereocenters. The van der Waals surface area contributed by atoms with Gasteiger partial charge in [-0.2, -0.15) is 0 Å². The molecule has 6 nitrogen and oxygen atoms in total. The summed E-state index contributed by atoms with van der Waals surface area (Å²) in [5.74, 6) is 0.654. The standard InChI is InChI=1S/C18H23ClN4O2S.HI/c1-20-18(22-11-10-14-6-8-16(19)9-7-14)23-13-15-4-3-5-17(12-15)26(24,25)21-2;/h3-9,12,21H,10-11,13H2,1-2H3,(H2,20,22,23);1H. The first-order valence-electron chi connectivity index (χ1n) is 8.16. The zero-order valence-corrected chi connectivity index (χ0v) is 19.1. The number of hydrogen-bond donors (Lipinski definition) is 3. The molecule has 0 aliphatic carbocycles. The number of nitrogens with zero attached hydrogens (tertiary/aromatic N) is 1. The third-order valence-corrected chi connectivity index (χ3v) is 5.44. The SMILES string of the molecule is CN=C(NCCc1ccc(Cl)cc1)NCc1cccc(S(=O)(=O)NC)c1.I. The summed E-state index contributed by atoms with van der Waals surface area (Å²) in [7, 11) is -0.356. The fourth-order valence-electron chi connectivity index (χ4n) is 2.32. The van der Waals surface area contributed by atoms with E-state index in [2.05, 4.69) is 20.3 Å². The Morgan fingerprint density at radius 2 is 1.78 bits per heavy atom. The van der Waals surface area contributed by atoms with Gasteiger partial charge in [-0.05, 0) is 48.9 Å². The number of hydrogen-bond acceptors (Lipinski definition) is 3. The Morgan fingerprint density at radius 3 is 2.41 bits per heavy atom. The molecule has 27 heavy (non-hydrogen) atoms. The van der Waals surface area contributed by atoms with Gasteiger partial charge in [-0.15, -0.1) is 24.0 Å². The molecule has 0 amide bonds. The van der Waals surface area contributed by atoms with E-state index < -0.39 is 10.0 Å². The molecule has 0 fully saturated rings. The number of halogens is 2. The van der Waals surface area contributed by atoms with Crippen molar-refractivity contribution in [2.45, 2.75) is 17.9 Å². The molecular formula is C18H24ClIN4O2S. The predicted octanol–water partition coefficient (Wildman–Crippen LogP) is 2.77.